The van der Waals surface area contributed by atoms with Crippen molar-refractivity contribution in [2.24, 2.45) is 11.1 Å². The van der Waals surface area contributed by atoms with Gasteiger partial charge in [-0.25, -0.2) is 0 Å². The summed E-state index contributed by atoms with van der Waals surface area (Å²) in [7, 11) is 0. The molecule has 0 aromatic heterocycles. The zero-order valence-electron chi connectivity index (χ0n) is 8.77. The first-order valence-electron chi connectivity index (χ1n) is 4.96. The van der Waals surface area contributed by atoms with Gasteiger partial charge in [-0.15, -0.1) is 0 Å². The van der Waals surface area contributed by atoms with Gasteiger partial charge in [0.25, 0.3) is 0 Å². The molecule has 76 valence electrons. The molecule has 2 atom stereocenters. The van der Waals surface area contributed by atoms with Crippen LogP contribution in [-0.4, -0.2) is 11.8 Å². The summed E-state index contributed by atoms with van der Waals surface area (Å²) < 4.78 is 0. The lowest BCUT2D eigenvalue weighted by Crippen LogP contribution is -2.17. The zero-order valence-corrected chi connectivity index (χ0v) is 8.77. The number of hydrogen-bond acceptors (Lipinski definition) is 3. The molecule has 3 nitrogen and oxygen atoms in total. The fraction of sp³-hybridized carbons (Fsp3) is 0.333. The first kappa shape index (κ1) is 9.72. The molecule has 15 heavy (non-hydrogen) atoms. The van der Waals surface area contributed by atoms with E-state index in [9.17, 15) is 0 Å². The van der Waals surface area contributed by atoms with Gasteiger partial charge in [0.05, 0.1) is 17.3 Å². The van der Waals surface area contributed by atoms with Gasteiger partial charge in [-0.05, 0) is 19.1 Å². The van der Waals surface area contributed by atoms with Gasteiger partial charge in [0.1, 0.15) is 6.10 Å². The second-order valence-corrected chi connectivity index (χ2v) is 3.77. The average Bonchev–Trinajstić information content (AvgIpc) is 2.60. The number of rotatable bonds is 1. The molecule has 0 fully saturated rings. The molecular formula is C12H12N2O. The van der Waals surface area contributed by atoms with Crippen LogP contribution >= 0.6 is 0 Å². The molecule has 0 aliphatic carbocycles. The minimum atomic E-state index is 0.116. The first-order chi connectivity index (χ1) is 7.22. The quantitative estimate of drug-likeness (QED) is 0.698. The van der Waals surface area contributed by atoms with Crippen LogP contribution in [0.25, 0.3) is 0 Å². The topological polar surface area (TPSA) is 45.4 Å². The highest BCUT2D eigenvalue weighted by Gasteiger charge is 2.27. The Kier molecular flexibility index (Phi) is 2.42. The van der Waals surface area contributed by atoms with Gasteiger partial charge in [0, 0.05) is 11.5 Å². The molecule has 2 rings (SSSR count). The molecule has 1 aliphatic rings. The number of nitriles is 1. The summed E-state index contributed by atoms with van der Waals surface area (Å²) >= 11 is 0. The third kappa shape index (κ3) is 1.71. The predicted octanol–water partition coefficient (Wildman–Crippen LogP) is 2.32. The summed E-state index contributed by atoms with van der Waals surface area (Å²) in [6.45, 7) is 4.07. The van der Waals surface area contributed by atoms with E-state index in [1.165, 1.54) is 0 Å². The molecule has 0 amide bonds. The molecule has 2 unspecified atom stereocenters. The minimum absolute atomic E-state index is 0.116. The van der Waals surface area contributed by atoms with Crippen molar-refractivity contribution < 1.29 is 4.84 Å². The van der Waals surface area contributed by atoms with Crippen molar-refractivity contribution >= 4 is 5.71 Å². The van der Waals surface area contributed by atoms with Crippen LogP contribution in [0.5, 0.6) is 0 Å². The van der Waals surface area contributed by atoms with Crippen LogP contribution < -0.4 is 0 Å². The van der Waals surface area contributed by atoms with E-state index in [0.717, 1.165) is 11.3 Å². The largest absolute Gasteiger partial charge is 0.392 e. The van der Waals surface area contributed by atoms with E-state index >= 15 is 0 Å². The molecule has 0 spiro atoms. The van der Waals surface area contributed by atoms with E-state index in [0.29, 0.717) is 5.56 Å². The summed E-state index contributed by atoms with van der Waals surface area (Å²) in [5.41, 5.74) is 2.56. The van der Waals surface area contributed by atoms with Gasteiger partial charge in [0.15, 0.2) is 0 Å². The highest BCUT2D eigenvalue weighted by molar-refractivity contribution is 6.03. The third-order valence-electron chi connectivity index (χ3n) is 2.74. The number of benzene rings is 1. The fourth-order valence-corrected chi connectivity index (χ4v) is 1.60. The standard InChI is InChI=1S/C12H12N2O/c1-8-9(2)15-14-12(8)11-5-3-4-10(6-11)7-13/h3-6,8-9H,1-2H3. The number of nitrogens with zero attached hydrogens (tertiary/aromatic N) is 2. The Morgan fingerprint density at radius 2 is 2.20 bits per heavy atom. The summed E-state index contributed by atoms with van der Waals surface area (Å²) in [5.74, 6) is 0.277. The third-order valence-corrected chi connectivity index (χ3v) is 2.74. The first-order valence-corrected chi connectivity index (χ1v) is 4.96. The van der Waals surface area contributed by atoms with Crippen LogP contribution in [0.4, 0.5) is 0 Å². The lowest BCUT2D eigenvalue weighted by molar-refractivity contribution is 0.0799. The Morgan fingerprint density at radius 3 is 2.80 bits per heavy atom. The summed E-state index contributed by atoms with van der Waals surface area (Å²) in [6.07, 6.45) is 0.116. The van der Waals surface area contributed by atoms with Gasteiger partial charge in [-0.3, -0.25) is 0 Å². The van der Waals surface area contributed by atoms with E-state index in [2.05, 4.69) is 18.1 Å². The Morgan fingerprint density at radius 1 is 1.40 bits per heavy atom. The molecule has 3 heteroatoms. The number of hydrogen-bond donors (Lipinski definition) is 0. The maximum absolute atomic E-state index is 8.80. The molecule has 0 bridgehead atoms. The second kappa shape index (κ2) is 3.74. The van der Waals surface area contributed by atoms with Crippen molar-refractivity contribution in [1.82, 2.24) is 0 Å². The molecule has 0 N–H and O–H groups in total. The van der Waals surface area contributed by atoms with Crippen molar-refractivity contribution in [2.75, 3.05) is 0 Å². The van der Waals surface area contributed by atoms with Crippen LogP contribution in [0.15, 0.2) is 29.4 Å². The van der Waals surface area contributed by atoms with Crippen LogP contribution in [0.1, 0.15) is 25.0 Å². The maximum atomic E-state index is 8.80. The molecule has 0 saturated carbocycles. The van der Waals surface area contributed by atoms with Crippen molar-refractivity contribution in [3.05, 3.63) is 35.4 Å². The smallest absolute Gasteiger partial charge is 0.133 e. The molecule has 1 aliphatic heterocycles. The van der Waals surface area contributed by atoms with E-state index in [4.69, 9.17) is 10.1 Å². The molecule has 0 saturated heterocycles. The van der Waals surface area contributed by atoms with E-state index in [1.807, 2.05) is 25.1 Å². The van der Waals surface area contributed by atoms with Crippen molar-refractivity contribution in [3.63, 3.8) is 0 Å². The Balaban J connectivity index is 2.35. The van der Waals surface area contributed by atoms with Gasteiger partial charge in [0.2, 0.25) is 0 Å². The molecule has 1 aromatic rings. The van der Waals surface area contributed by atoms with E-state index in [1.54, 1.807) is 6.07 Å². The average molecular weight is 200 g/mol. The van der Waals surface area contributed by atoms with Crippen LogP contribution in [0.2, 0.25) is 0 Å². The molecule has 1 aromatic carbocycles. The predicted molar refractivity (Wildman–Crippen MR) is 57.4 cm³/mol. The van der Waals surface area contributed by atoms with Gasteiger partial charge in [-0.1, -0.05) is 24.2 Å². The van der Waals surface area contributed by atoms with E-state index < -0.39 is 0 Å². The minimum Gasteiger partial charge on any atom is -0.392 e. The summed E-state index contributed by atoms with van der Waals surface area (Å²) in [5, 5.41) is 12.9. The van der Waals surface area contributed by atoms with Crippen molar-refractivity contribution in [1.29, 1.82) is 5.26 Å². The van der Waals surface area contributed by atoms with Gasteiger partial charge in [-0.2, -0.15) is 5.26 Å². The molecular weight excluding hydrogens is 188 g/mol. The normalized spacial score (nSPS) is 24.2. The monoisotopic (exact) mass is 200 g/mol. The van der Waals surface area contributed by atoms with E-state index in [-0.39, 0.29) is 12.0 Å². The van der Waals surface area contributed by atoms with Crippen molar-refractivity contribution in [2.45, 2.75) is 20.0 Å². The fourth-order valence-electron chi connectivity index (χ4n) is 1.60. The van der Waals surface area contributed by atoms with Crippen LogP contribution in [-0.2, 0) is 4.84 Å². The Hall–Kier alpha value is -1.82. The number of oxime groups is 1. The molecule has 0 radical (unpaired) electrons. The lowest BCUT2D eigenvalue weighted by atomic mass is 9.94. The Labute approximate surface area is 89.0 Å². The Bertz CT molecular complexity index is 445. The van der Waals surface area contributed by atoms with Crippen molar-refractivity contribution in [3.8, 4) is 6.07 Å². The summed E-state index contributed by atoms with van der Waals surface area (Å²) in [6, 6.07) is 9.57. The highest BCUT2D eigenvalue weighted by Crippen LogP contribution is 2.22. The van der Waals surface area contributed by atoms with Gasteiger partial charge >= 0.3 is 0 Å². The highest BCUT2D eigenvalue weighted by atomic mass is 16.6. The van der Waals surface area contributed by atoms with Crippen LogP contribution in [0.3, 0.4) is 0 Å². The van der Waals surface area contributed by atoms with Crippen LogP contribution in [0, 0.1) is 17.2 Å². The molecule has 1 heterocycles. The lowest BCUT2D eigenvalue weighted by Gasteiger charge is -2.08. The summed E-state index contributed by atoms with van der Waals surface area (Å²) in [4.78, 5) is 5.21. The SMILES string of the molecule is CC1ON=C(c2cccc(C#N)c2)C1C. The van der Waals surface area contributed by atoms with Gasteiger partial charge < -0.3 is 4.84 Å². The maximum Gasteiger partial charge on any atom is 0.133 e. The second-order valence-electron chi connectivity index (χ2n) is 3.77. The zero-order chi connectivity index (χ0) is 10.8.